The number of hydrogen-bond acceptors (Lipinski definition) is 6. The van der Waals surface area contributed by atoms with E-state index >= 15 is 0 Å². The van der Waals surface area contributed by atoms with E-state index in [9.17, 15) is 19.2 Å². The van der Waals surface area contributed by atoms with Crippen LogP contribution in [0.2, 0.25) is 0 Å². The van der Waals surface area contributed by atoms with Gasteiger partial charge in [-0.05, 0) is 31.2 Å². The van der Waals surface area contributed by atoms with Gasteiger partial charge in [0.25, 0.3) is 0 Å². The number of carbonyl (C=O) groups excluding carboxylic acids is 4. The number of nitrogens with one attached hydrogen (secondary N) is 2. The Morgan fingerprint density at radius 2 is 1.87 bits per heavy atom. The number of rotatable bonds is 9. The van der Waals surface area contributed by atoms with Crippen LogP contribution in [0.3, 0.4) is 0 Å². The number of hydrazine groups is 1. The predicted octanol–water partition coefficient (Wildman–Crippen LogP) is 2.06. The lowest BCUT2D eigenvalue weighted by Gasteiger charge is -2.55. The van der Waals surface area contributed by atoms with E-state index in [-0.39, 0.29) is 43.6 Å². The summed E-state index contributed by atoms with van der Waals surface area (Å²) in [5, 5.41) is 8.86. The van der Waals surface area contributed by atoms with Crippen molar-refractivity contribution in [2.24, 2.45) is 0 Å². The molecule has 5 amide bonds. The van der Waals surface area contributed by atoms with Gasteiger partial charge in [-0.1, -0.05) is 55.8 Å². The Kier molecular flexibility index (Phi) is 9.22. The zero-order chi connectivity index (χ0) is 27.1. The largest absolute Gasteiger partial charge is 0.445 e. The molecular weight excluding hydrogens is 488 g/mol. The molecule has 2 aliphatic heterocycles. The molecule has 206 valence electrons. The van der Waals surface area contributed by atoms with Gasteiger partial charge in [0.05, 0.1) is 13.1 Å². The summed E-state index contributed by atoms with van der Waals surface area (Å²) in [7, 11) is 1.72. The first-order valence-electron chi connectivity index (χ1n) is 13.4. The van der Waals surface area contributed by atoms with Crippen molar-refractivity contribution in [1.82, 2.24) is 30.5 Å². The molecule has 0 spiro atoms. The number of piperazine rings is 1. The third-order valence-electron chi connectivity index (χ3n) is 7.40. The number of nitrogens with zero attached hydrogens (tertiary/aromatic N) is 4. The normalized spacial score (nSPS) is 22.3. The molecule has 1 aliphatic carbocycles. The van der Waals surface area contributed by atoms with E-state index in [2.05, 4.69) is 17.2 Å². The average molecular weight is 527 g/mol. The number of carbonyl (C=O) groups is 4. The molecule has 0 aromatic heterocycles. The van der Waals surface area contributed by atoms with Crippen LogP contribution >= 0.6 is 0 Å². The third kappa shape index (κ3) is 6.27. The Morgan fingerprint density at radius 1 is 1.13 bits per heavy atom. The Labute approximate surface area is 223 Å². The summed E-state index contributed by atoms with van der Waals surface area (Å²) in [5.74, 6) is -0.266. The number of hydrogen-bond donors (Lipinski definition) is 2. The van der Waals surface area contributed by atoms with Crippen LogP contribution in [-0.4, -0.2) is 95.3 Å². The van der Waals surface area contributed by atoms with Gasteiger partial charge < -0.3 is 25.2 Å². The zero-order valence-electron chi connectivity index (χ0n) is 22.0. The Balaban J connectivity index is 1.50. The molecule has 2 N–H and O–H groups in total. The van der Waals surface area contributed by atoms with Crippen LogP contribution < -0.4 is 10.6 Å². The lowest BCUT2D eigenvalue weighted by atomic mass is 9.99. The van der Waals surface area contributed by atoms with Gasteiger partial charge in [0.1, 0.15) is 18.8 Å². The lowest BCUT2D eigenvalue weighted by Crippen LogP contribution is -2.76. The molecule has 1 aromatic rings. The molecule has 1 unspecified atom stereocenters. The second kappa shape index (κ2) is 12.8. The molecule has 0 bridgehead atoms. The average Bonchev–Trinajstić information content (AvgIpc) is 3.45. The van der Waals surface area contributed by atoms with Crippen LogP contribution in [0.4, 0.5) is 9.59 Å². The van der Waals surface area contributed by atoms with E-state index in [0.717, 1.165) is 31.2 Å². The van der Waals surface area contributed by atoms with Crippen molar-refractivity contribution in [1.29, 1.82) is 0 Å². The molecule has 11 heteroatoms. The summed E-state index contributed by atoms with van der Waals surface area (Å²) >= 11 is 0. The summed E-state index contributed by atoms with van der Waals surface area (Å²) in [5.41, 5.74) is 0.969. The summed E-state index contributed by atoms with van der Waals surface area (Å²) in [6.07, 6.45) is 5.14. The fourth-order valence-corrected chi connectivity index (χ4v) is 5.61. The summed E-state index contributed by atoms with van der Waals surface area (Å²) < 4.78 is 4.93. The van der Waals surface area contributed by atoms with Crippen LogP contribution in [0.25, 0.3) is 0 Å². The van der Waals surface area contributed by atoms with Gasteiger partial charge in [-0.2, -0.15) is 0 Å². The Bertz CT molecular complexity index is 1010. The molecule has 0 radical (unpaired) electrons. The number of fused-ring (bicyclic) bond motifs is 1. The topological polar surface area (TPSA) is 115 Å². The first-order valence-corrected chi connectivity index (χ1v) is 13.4. The van der Waals surface area contributed by atoms with E-state index < -0.39 is 18.3 Å². The third-order valence-corrected chi connectivity index (χ3v) is 7.40. The summed E-state index contributed by atoms with van der Waals surface area (Å²) in [4.78, 5) is 55.7. The molecule has 3 aliphatic rings. The quantitative estimate of drug-likeness (QED) is 0.376. The van der Waals surface area contributed by atoms with Crippen LogP contribution in [0, 0.1) is 0 Å². The molecule has 2 atom stereocenters. The van der Waals surface area contributed by atoms with Crippen LogP contribution in [-0.2, 0) is 20.9 Å². The molecule has 4 rings (SSSR count). The smallest absolute Gasteiger partial charge is 0.407 e. The molecule has 1 saturated carbocycles. The van der Waals surface area contributed by atoms with E-state index in [4.69, 9.17) is 4.74 Å². The maximum absolute atomic E-state index is 13.7. The zero-order valence-corrected chi connectivity index (χ0v) is 22.0. The standard InChI is InChI=1S/C27H38N6O5/c1-3-16-38-27(37)28-15-9-14-22-25(35)31(21-12-7-8-13-21)18-23-32(22)24(34)19-30(2)33(23)26(36)29-17-20-10-5-4-6-11-20/h3-6,10-11,21-23H,1,7-9,12-19H2,2H3,(H,28,37)(H,29,36)/t22-,23?/m0/s1. The minimum atomic E-state index is -0.703. The Morgan fingerprint density at radius 3 is 2.58 bits per heavy atom. The van der Waals surface area contributed by atoms with Crippen LogP contribution in [0.5, 0.6) is 0 Å². The first-order chi connectivity index (χ1) is 18.4. The van der Waals surface area contributed by atoms with Crippen molar-refractivity contribution in [2.45, 2.75) is 63.3 Å². The van der Waals surface area contributed by atoms with Crippen molar-refractivity contribution in [3.63, 3.8) is 0 Å². The predicted molar refractivity (Wildman–Crippen MR) is 140 cm³/mol. The van der Waals surface area contributed by atoms with Crippen molar-refractivity contribution in [3.8, 4) is 0 Å². The first kappa shape index (κ1) is 27.4. The fraction of sp³-hybridized carbons (Fsp3) is 0.556. The van der Waals surface area contributed by atoms with Gasteiger partial charge in [0.2, 0.25) is 11.8 Å². The SMILES string of the molecule is C=CCOC(=O)NCCC[C@H]1C(=O)N(C2CCCC2)CC2N1C(=O)CN(C)N2C(=O)NCc1ccccc1. The van der Waals surface area contributed by atoms with Crippen molar-refractivity contribution < 1.29 is 23.9 Å². The van der Waals surface area contributed by atoms with Gasteiger partial charge in [-0.15, -0.1) is 0 Å². The van der Waals surface area contributed by atoms with Gasteiger partial charge >= 0.3 is 12.1 Å². The number of benzene rings is 1. The van der Waals surface area contributed by atoms with Gasteiger partial charge in [0.15, 0.2) is 0 Å². The fourth-order valence-electron chi connectivity index (χ4n) is 5.61. The minimum Gasteiger partial charge on any atom is -0.445 e. The highest BCUT2D eigenvalue weighted by Gasteiger charge is 2.51. The molecule has 2 saturated heterocycles. The van der Waals surface area contributed by atoms with Gasteiger partial charge in [-0.3, -0.25) is 9.59 Å². The lowest BCUT2D eigenvalue weighted by molar-refractivity contribution is -0.189. The van der Waals surface area contributed by atoms with Crippen LogP contribution in [0.15, 0.2) is 43.0 Å². The molecule has 2 heterocycles. The Hall–Kier alpha value is -3.60. The second-order valence-electron chi connectivity index (χ2n) is 9.99. The van der Waals surface area contributed by atoms with Crippen molar-refractivity contribution in [2.75, 3.05) is 33.3 Å². The number of amides is 5. The van der Waals surface area contributed by atoms with E-state index in [1.165, 1.54) is 6.08 Å². The number of ether oxygens (including phenoxy) is 1. The maximum atomic E-state index is 13.7. The monoisotopic (exact) mass is 526 g/mol. The highest BCUT2D eigenvalue weighted by Crippen LogP contribution is 2.32. The number of likely N-dealkylation sites (N-methyl/N-ethyl adjacent to an activating group) is 1. The molecular formula is C27H38N6O5. The van der Waals surface area contributed by atoms with Crippen LogP contribution in [0.1, 0.15) is 44.1 Å². The van der Waals surface area contributed by atoms with Crippen molar-refractivity contribution in [3.05, 3.63) is 48.6 Å². The molecule has 3 fully saturated rings. The highest BCUT2D eigenvalue weighted by molar-refractivity contribution is 5.91. The highest BCUT2D eigenvalue weighted by atomic mass is 16.5. The molecule has 38 heavy (non-hydrogen) atoms. The van der Waals surface area contributed by atoms with Gasteiger partial charge in [-0.25, -0.2) is 19.6 Å². The summed E-state index contributed by atoms with van der Waals surface area (Å²) in [6.45, 7) is 4.56. The number of alkyl carbamates (subject to hydrolysis) is 1. The molecule has 11 nitrogen and oxygen atoms in total. The van der Waals surface area contributed by atoms with E-state index in [1.807, 2.05) is 35.2 Å². The minimum absolute atomic E-state index is 0.00536. The van der Waals surface area contributed by atoms with E-state index in [0.29, 0.717) is 25.9 Å². The second-order valence-corrected chi connectivity index (χ2v) is 9.99. The van der Waals surface area contributed by atoms with Gasteiger partial charge in [0, 0.05) is 26.2 Å². The molecule has 1 aromatic carbocycles. The van der Waals surface area contributed by atoms with Crippen molar-refractivity contribution >= 4 is 23.9 Å². The number of urea groups is 1. The summed E-state index contributed by atoms with van der Waals surface area (Å²) in [6, 6.07) is 8.72. The van der Waals surface area contributed by atoms with E-state index in [1.54, 1.807) is 22.0 Å². The maximum Gasteiger partial charge on any atom is 0.407 e.